The number of nitrogens with two attached hydrogens (primary N) is 1. The van der Waals surface area contributed by atoms with Gasteiger partial charge in [-0.05, 0) is 38.5 Å². The lowest BCUT2D eigenvalue weighted by Gasteiger charge is -2.19. The number of nitrogens with one attached hydrogen (secondary N) is 1. The second kappa shape index (κ2) is 3.89. The molecule has 90 valence electrons. The maximum atomic E-state index is 11.6. The van der Waals surface area contributed by atoms with Gasteiger partial charge in [-0.15, -0.1) is 0 Å². The van der Waals surface area contributed by atoms with Crippen LogP contribution >= 0.6 is 0 Å². The number of H-pyrrole nitrogens is 1. The third-order valence-electron chi connectivity index (χ3n) is 2.83. The molecule has 0 aliphatic rings. The summed E-state index contributed by atoms with van der Waals surface area (Å²) >= 11 is 0. The van der Waals surface area contributed by atoms with Gasteiger partial charge in [0, 0.05) is 17.4 Å². The molecule has 2 rings (SSSR count). The number of aromatic amines is 1. The zero-order chi connectivity index (χ0) is 12.6. The van der Waals surface area contributed by atoms with Crippen molar-refractivity contribution in [3.05, 3.63) is 52.2 Å². The van der Waals surface area contributed by atoms with Crippen LogP contribution in [0.25, 0.3) is 5.69 Å². The van der Waals surface area contributed by atoms with Gasteiger partial charge in [-0.1, -0.05) is 12.1 Å². The Bertz CT molecular complexity index is 570. The van der Waals surface area contributed by atoms with Gasteiger partial charge in [0.1, 0.15) is 0 Å². The molecule has 0 amide bonds. The van der Waals surface area contributed by atoms with Crippen LogP contribution in [0.15, 0.2) is 35.3 Å². The highest BCUT2D eigenvalue weighted by Crippen LogP contribution is 2.18. The summed E-state index contributed by atoms with van der Waals surface area (Å²) in [5, 5.41) is 0. The van der Waals surface area contributed by atoms with Crippen molar-refractivity contribution < 1.29 is 0 Å². The summed E-state index contributed by atoms with van der Waals surface area (Å²) in [6, 6.07) is 7.72. The van der Waals surface area contributed by atoms with Crippen molar-refractivity contribution in [1.29, 1.82) is 0 Å². The highest BCUT2D eigenvalue weighted by Gasteiger charge is 2.14. The fraction of sp³-hybridized carbons (Fsp3) is 0.308. The molecule has 0 saturated heterocycles. The van der Waals surface area contributed by atoms with Crippen LogP contribution in [-0.4, -0.2) is 9.55 Å². The van der Waals surface area contributed by atoms with Crippen LogP contribution in [-0.2, 0) is 5.54 Å². The number of benzene rings is 1. The first-order valence-electron chi connectivity index (χ1n) is 5.56. The zero-order valence-corrected chi connectivity index (χ0v) is 10.3. The molecular formula is C13H17N3O. The summed E-state index contributed by atoms with van der Waals surface area (Å²) in [6.45, 7) is 5.80. The third-order valence-corrected chi connectivity index (χ3v) is 2.83. The Morgan fingerprint density at radius 1 is 1.24 bits per heavy atom. The van der Waals surface area contributed by atoms with Crippen molar-refractivity contribution in [1.82, 2.24) is 9.55 Å². The predicted molar refractivity (Wildman–Crippen MR) is 68.3 cm³/mol. The minimum absolute atomic E-state index is 0.123. The molecule has 0 unspecified atom stereocenters. The normalized spacial score (nSPS) is 11.8. The van der Waals surface area contributed by atoms with E-state index in [0.717, 1.165) is 16.9 Å². The van der Waals surface area contributed by atoms with Gasteiger partial charge in [-0.2, -0.15) is 0 Å². The van der Waals surface area contributed by atoms with E-state index in [4.69, 9.17) is 5.73 Å². The molecule has 1 aromatic carbocycles. The molecule has 0 fully saturated rings. The quantitative estimate of drug-likeness (QED) is 0.825. The minimum Gasteiger partial charge on any atom is -0.322 e. The molecule has 2 aromatic rings. The maximum absolute atomic E-state index is 11.6. The van der Waals surface area contributed by atoms with Crippen LogP contribution in [0.1, 0.15) is 25.1 Å². The minimum atomic E-state index is -0.364. The van der Waals surface area contributed by atoms with Gasteiger partial charge >= 0.3 is 5.69 Å². The van der Waals surface area contributed by atoms with Crippen molar-refractivity contribution in [2.75, 3.05) is 0 Å². The van der Waals surface area contributed by atoms with E-state index < -0.39 is 0 Å². The number of imidazole rings is 1. The molecule has 0 atom stereocenters. The molecule has 1 aromatic heterocycles. The fourth-order valence-corrected chi connectivity index (χ4v) is 1.82. The van der Waals surface area contributed by atoms with Crippen LogP contribution in [0.4, 0.5) is 0 Å². The van der Waals surface area contributed by atoms with E-state index in [2.05, 4.69) is 4.98 Å². The van der Waals surface area contributed by atoms with Crippen molar-refractivity contribution >= 4 is 0 Å². The number of nitrogens with zero attached hydrogens (tertiary/aromatic N) is 1. The number of hydrogen-bond acceptors (Lipinski definition) is 2. The highest BCUT2D eigenvalue weighted by molar-refractivity contribution is 5.37. The summed E-state index contributed by atoms with van der Waals surface area (Å²) in [4.78, 5) is 14.3. The van der Waals surface area contributed by atoms with Crippen LogP contribution in [0.3, 0.4) is 0 Å². The standard InChI is InChI=1S/C13H17N3O/c1-9-8-15-12(17)16(9)11-6-4-10(5-7-11)13(2,3)14/h4-8H,14H2,1-3H3,(H,15,17). The SMILES string of the molecule is Cc1c[nH]c(=O)n1-c1ccc(C(C)(C)N)cc1. The van der Waals surface area contributed by atoms with Gasteiger partial charge in [0.15, 0.2) is 0 Å². The maximum Gasteiger partial charge on any atom is 0.330 e. The van der Waals surface area contributed by atoms with Gasteiger partial charge in [-0.3, -0.25) is 4.57 Å². The zero-order valence-electron chi connectivity index (χ0n) is 10.3. The molecule has 4 nitrogen and oxygen atoms in total. The summed E-state index contributed by atoms with van der Waals surface area (Å²) in [7, 11) is 0. The first-order valence-corrected chi connectivity index (χ1v) is 5.56. The van der Waals surface area contributed by atoms with Crippen LogP contribution in [0, 0.1) is 6.92 Å². The number of hydrogen-bond donors (Lipinski definition) is 2. The lowest BCUT2D eigenvalue weighted by Crippen LogP contribution is -2.28. The Labute approximate surface area is 100 Å². The first-order chi connectivity index (χ1) is 7.89. The molecule has 17 heavy (non-hydrogen) atoms. The van der Waals surface area contributed by atoms with Gasteiger partial charge < -0.3 is 10.7 Å². The Morgan fingerprint density at radius 3 is 2.24 bits per heavy atom. The van der Waals surface area contributed by atoms with Crippen molar-refractivity contribution in [2.24, 2.45) is 5.73 Å². The van der Waals surface area contributed by atoms with Gasteiger partial charge in [0.25, 0.3) is 0 Å². The van der Waals surface area contributed by atoms with Gasteiger partial charge in [0.05, 0.1) is 5.69 Å². The van der Waals surface area contributed by atoms with Crippen molar-refractivity contribution in [2.45, 2.75) is 26.3 Å². The highest BCUT2D eigenvalue weighted by atomic mass is 16.1. The molecule has 1 heterocycles. The monoisotopic (exact) mass is 231 g/mol. The first kappa shape index (κ1) is 11.7. The smallest absolute Gasteiger partial charge is 0.322 e. The average Bonchev–Trinajstić information content (AvgIpc) is 2.58. The van der Waals surface area contributed by atoms with E-state index in [-0.39, 0.29) is 11.2 Å². The van der Waals surface area contributed by atoms with Crippen LogP contribution in [0.2, 0.25) is 0 Å². The number of rotatable bonds is 2. The van der Waals surface area contributed by atoms with E-state index >= 15 is 0 Å². The Morgan fingerprint density at radius 2 is 1.82 bits per heavy atom. The molecule has 0 spiro atoms. The summed E-state index contributed by atoms with van der Waals surface area (Å²) < 4.78 is 1.63. The molecular weight excluding hydrogens is 214 g/mol. The topological polar surface area (TPSA) is 63.8 Å². The molecule has 0 aliphatic carbocycles. The lowest BCUT2D eigenvalue weighted by atomic mass is 9.95. The number of aryl methyl sites for hydroxylation is 1. The summed E-state index contributed by atoms with van der Waals surface area (Å²) in [5.74, 6) is 0. The molecule has 0 saturated carbocycles. The van der Waals surface area contributed by atoms with Gasteiger partial charge in [-0.25, -0.2) is 4.79 Å². The molecule has 4 heteroatoms. The Balaban J connectivity index is 2.47. The lowest BCUT2D eigenvalue weighted by molar-refractivity contribution is 0.554. The van der Waals surface area contributed by atoms with E-state index in [9.17, 15) is 4.79 Å². The Hall–Kier alpha value is -1.81. The van der Waals surface area contributed by atoms with E-state index in [1.54, 1.807) is 10.8 Å². The molecule has 0 bridgehead atoms. The second-order valence-corrected chi connectivity index (χ2v) is 4.84. The Kier molecular flexibility index (Phi) is 2.67. The van der Waals surface area contributed by atoms with Crippen molar-refractivity contribution in [3.63, 3.8) is 0 Å². The van der Waals surface area contributed by atoms with Crippen LogP contribution in [0.5, 0.6) is 0 Å². The van der Waals surface area contributed by atoms with E-state index in [1.807, 2.05) is 45.0 Å². The third kappa shape index (κ3) is 2.17. The van der Waals surface area contributed by atoms with Gasteiger partial charge in [0.2, 0.25) is 0 Å². The van der Waals surface area contributed by atoms with Crippen LogP contribution < -0.4 is 11.4 Å². The predicted octanol–water partition coefficient (Wildman–Crippen LogP) is 1.67. The molecule has 0 radical (unpaired) electrons. The number of aromatic nitrogens is 2. The largest absolute Gasteiger partial charge is 0.330 e. The summed E-state index contributed by atoms with van der Waals surface area (Å²) in [6.07, 6.45) is 1.70. The van der Waals surface area contributed by atoms with E-state index in [0.29, 0.717) is 0 Å². The van der Waals surface area contributed by atoms with E-state index in [1.165, 1.54) is 0 Å². The average molecular weight is 231 g/mol. The summed E-state index contributed by atoms with van der Waals surface area (Å²) in [5.41, 5.74) is 8.30. The molecule has 3 N–H and O–H groups in total. The fourth-order valence-electron chi connectivity index (χ4n) is 1.82. The second-order valence-electron chi connectivity index (χ2n) is 4.84. The molecule has 0 aliphatic heterocycles. The van der Waals surface area contributed by atoms with Crippen molar-refractivity contribution in [3.8, 4) is 5.69 Å².